The summed E-state index contributed by atoms with van der Waals surface area (Å²) in [6, 6.07) is -2.00. The Balaban J connectivity index is 7.29. The highest BCUT2D eigenvalue weighted by atomic mass is 31.3. The van der Waals surface area contributed by atoms with Crippen molar-refractivity contribution in [1.82, 2.24) is 14.7 Å². The third-order valence-electron chi connectivity index (χ3n) is 6.71. The molecule has 0 fully saturated rings. The Morgan fingerprint density at radius 2 is 0.667 bits per heavy atom. The van der Waals surface area contributed by atoms with Crippen molar-refractivity contribution < 1.29 is 130 Å². The molecule has 31 nitrogen and oxygen atoms in total. The van der Waals surface area contributed by atoms with Gasteiger partial charge in [-0.3, -0.25) is 60.8 Å². The van der Waals surface area contributed by atoms with Gasteiger partial charge in [0.1, 0.15) is 6.04 Å². The molecule has 0 aliphatic carbocycles. The maximum atomic E-state index is 12.2. The van der Waals surface area contributed by atoms with Crippen LogP contribution in [0, 0.1) is 0 Å². The molecular weight excluding hydrogens is 916 g/mol. The molecule has 1 amide bonds. The zero-order valence-electron chi connectivity index (χ0n) is 26.7. The fourth-order valence-electron chi connectivity index (χ4n) is 5.11. The molecule has 19 N–H and O–H groups in total. The summed E-state index contributed by atoms with van der Waals surface area (Å²) in [6.07, 6.45) is -3.63. The number of primary amides is 1. The zero-order chi connectivity index (χ0) is 43.4. The summed E-state index contributed by atoms with van der Waals surface area (Å²) >= 11 is 0. The van der Waals surface area contributed by atoms with Crippen LogP contribution in [0.25, 0.3) is 0 Å². The van der Waals surface area contributed by atoms with E-state index in [1.807, 2.05) is 0 Å². The maximum absolute atomic E-state index is 12.2. The van der Waals surface area contributed by atoms with Gasteiger partial charge in [0, 0.05) is 32.6 Å². The van der Waals surface area contributed by atoms with Crippen molar-refractivity contribution in [2.24, 2.45) is 5.73 Å². The van der Waals surface area contributed by atoms with Gasteiger partial charge in [0.15, 0.2) is 0 Å². The minimum Gasteiger partial charge on any atom is -0.480 e. The number of nitrogens with two attached hydrogens (primary N) is 1. The molecule has 0 spiro atoms. The second-order valence-electron chi connectivity index (χ2n) is 11.2. The van der Waals surface area contributed by atoms with E-state index in [0.717, 1.165) is 0 Å². The molecule has 0 heterocycles. The largest absolute Gasteiger partial charge is 0.480 e. The number of hydrogen-bond donors (Lipinski definition) is 18. The van der Waals surface area contributed by atoms with Crippen molar-refractivity contribution in [2.75, 3.05) is 26.2 Å². The van der Waals surface area contributed by atoms with Gasteiger partial charge in [-0.15, -0.1) is 0 Å². The Kier molecular flexibility index (Phi) is 19.4. The van der Waals surface area contributed by atoms with Crippen LogP contribution in [0.1, 0.15) is 25.7 Å². The molecule has 0 rings (SSSR count). The summed E-state index contributed by atoms with van der Waals surface area (Å²) < 4.78 is 96.9. The fourth-order valence-corrected chi connectivity index (χ4v) is 17.3. The number of amides is 1. The maximum Gasteiger partial charge on any atom is 0.355 e. The summed E-state index contributed by atoms with van der Waals surface area (Å²) in [7, 11) is -50.5. The van der Waals surface area contributed by atoms with Crippen molar-refractivity contribution in [3.05, 3.63) is 0 Å². The highest BCUT2D eigenvalue weighted by molar-refractivity contribution is 7.73. The first-order chi connectivity index (χ1) is 23.6. The molecule has 0 aromatic rings. The fraction of sp³-hybridized carbons (Fsp3) is 0.867. The van der Waals surface area contributed by atoms with E-state index in [-0.39, 0.29) is 0 Å². The van der Waals surface area contributed by atoms with Crippen LogP contribution in [-0.2, 0) is 46.1 Å². The van der Waals surface area contributed by atoms with Gasteiger partial charge in [0.2, 0.25) is 28.0 Å². The monoisotopic (exact) mass is 956 g/mol. The molecule has 0 unspecified atom stereocenters. The van der Waals surface area contributed by atoms with E-state index in [0.29, 0.717) is 4.90 Å². The van der Waals surface area contributed by atoms with E-state index < -0.39 is 162 Å². The van der Waals surface area contributed by atoms with E-state index in [4.69, 9.17) is 5.73 Å². The van der Waals surface area contributed by atoms with Crippen LogP contribution in [0.3, 0.4) is 0 Å². The van der Waals surface area contributed by atoms with Crippen molar-refractivity contribution in [3.63, 3.8) is 0 Å². The van der Waals surface area contributed by atoms with E-state index in [9.17, 15) is 130 Å². The average molecular weight is 956 g/mol. The lowest BCUT2D eigenvalue weighted by Crippen LogP contribution is -2.47. The third kappa shape index (κ3) is 17.1. The average Bonchev–Trinajstić information content (AvgIpc) is 2.80. The predicted molar refractivity (Wildman–Crippen MR) is 176 cm³/mol. The molecule has 1 atom stereocenters. The van der Waals surface area contributed by atoms with E-state index in [1.54, 1.807) is 0 Å². The first-order valence-electron chi connectivity index (χ1n) is 13.8. The van der Waals surface area contributed by atoms with Gasteiger partial charge in [0.25, 0.3) is 0 Å². The molecule has 0 saturated heterocycles. The van der Waals surface area contributed by atoms with Crippen LogP contribution in [0.4, 0.5) is 0 Å². The number of carboxylic acid groups (broad SMARTS) is 1. The lowest BCUT2D eigenvalue weighted by Gasteiger charge is -2.39. The predicted octanol–water partition coefficient (Wildman–Crippen LogP) is -4.05. The van der Waals surface area contributed by atoms with Gasteiger partial charge in [-0.25, -0.2) is 0 Å². The number of carbonyl (C=O) groups excluding carboxylic acids is 1. The van der Waals surface area contributed by atoms with Gasteiger partial charge in [-0.2, -0.15) is 0 Å². The first-order valence-corrected chi connectivity index (χ1v) is 27.2. The lowest BCUT2D eigenvalue weighted by atomic mass is 10.1. The highest BCUT2D eigenvalue weighted by Gasteiger charge is 2.59. The number of rotatable bonds is 25. The molecule has 322 valence electrons. The van der Waals surface area contributed by atoms with Gasteiger partial charge in [-0.1, -0.05) is 0 Å². The minimum atomic E-state index is -6.31. The molecular formula is C15H40N4O27P8. The number of aliphatic carboxylic acids is 1. The molecule has 54 heavy (non-hydrogen) atoms. The van der Waals surface area contributed by atoms with Crippen molar-refractivity contribution >= 4 is 72.6 Å². The zero-order valence-corrected chi connectivity index (χ0v) is 33.9. The quantitative estimate of drug-likeness (QED) is 0.0387. The Morgan fingerprint density at radius 3 is 0.833 bits per heavy atom. The SMILES string of the molecule is NC(=O)CC[C@@H](C(=O)O)N(CCCN(C(P(=O)(O)O)P(=O)(O)O)C(P(=O)(O)O)P(=O)(O)O)CCCN(C(P(=O)(O)O)P(=O)(O)O)C(P(=O)(O)O)P(=O)(O)O. The highest BCUT2D eigenvalue weighted by Crippen LogP contribution is 2.70. The molecule has 0 aromatic heterocycles. The second kappa shape index (κ2) is 19.4. The Bertz CT molecular complexity index is 1420. The van der Waals surface area contributed by atoms with Gasteiger partial charge in [-0.05, 0) is 19.3 Å². The number of hydrogen-bond acceptors (Lipinski definition) is 13. The van der Waals surface area contributed by atoms with Crippen LogP contribution < -0.4 is 5.73 Å². The summed E-state index contributed by atoms with van der Waals surface area (Å²) in [5, 5.41) is 9.84. The van der Waals surface area contributed by atoms with Gasteiger partial charge < -0.3 is 89.1 Å². The normalized spacial score (nSPS) is 15.4. The molecule has 0 aromatic carbocycles. The van der Waals surface area contributed by atoms with Crippen LogP contribution in [0.2, 0.25) is 0 Å². The summed E-state index contributed by atoms with van der Waals surface area (Å²) in [6.45, 7) is -5.03. The van der Waals surface area contributed by atoms with Crippen LogP contribution in [-0.4, -0.2) is 164 Å². The number of nitrogens with zero attached hydrogens (tertiary/aromatic N) is 3. The number of carbonyl (C=O) groups is 2. The first kappa shape index (κ1) is 54.0. The molecule has 39 heteroatoms. The molecule has 0 aliphatic heterocycles. The van der Waals surface area contributed by atoms with E-state index in [1.165, 1.54) is 0 Å². The molecule has 0 aliphatic rings. The van der Waals surface area contributed by atoms with Gasteiger partial charge >= 0.3 is 66.7 Å². The number of carboxylic acids is 1. The Labute approximate surface area is 302 Å². The summed E-state index contributed by atoms with van der Waals surface area (Å²) in [5.41, 5.74) is -9.60. The topological polar surface area (TPSA) is 550 Å². The summed E-state index contributed by atoms with van der Waals surface area (Å²) in [5.74, 6) is -3.02. The van der Waals surface area contributed by atoms with Crippen LogP contribution in [0.5, 0.6) is 0 Å². The van der Waals surface area contributed by atoms with Crippen molar-refractivity contribution in [3.8, 4) is 0 Å². The lowest BCUT2D eigenvalue weighted by molar-refractivity contribution is -0.143. The van der Waals surface area contributed by atoms with E-state index >= 15 is 0 Å². The summed E-state index contributed by atoms with van der Waals surface area (Å²) in [4.78, 5) is 177. The third-order valence-corrected chi connectivity index (χ3v) is 21.1. The Morgan fingerprint density at radius 1 is 0.444 bits per heavy atom. The molecule has 0 radical (unpaired) electrons. The van der Waals surface area contributed by atoms with Crippen molar-refractivity contribution in [1.29, 1.82) is 0 Å². The van der Waals surface area contributed by atoms with Gasteiger partial charge in [0.05, 0.1) is 0 Å². The standard InChI is InChI=1S/C15H40N4O27P8/c16-10(20)4-3-9(11(21)22)17(5-1-7-18(12(47(23,24)25)48(26,27)28)13(49(29,30)31)50(32,33)34)6-2-8-19(14(51(35,36)37)52(38,39)40)15(53(41,42)43)54(44,45)46/h9,12-15H,1-8H2,(H2,16,20)(H,21,22)(H2,23,24,25)(H2,26,27,28)(H2,29,30,31)(H2,32,33,34)(H2,35,36,37)(H2,38,39,40)(H2,41,42,43)(H2,44,45,46)/t9-/m0/s1. The van der Waals surface area contributed by atoms with Crippen LogP contribution in [0.15, 0.2) is 0 Å². The Hall–Kier alpha value is 0.0200. The minimum absolute atomic E-state index is 0.614. The molecule has 0 saturated carbocycles. The van der Waals surface area contributed by atoms with Crippen LogP contribution >= 0.6 is 60.8 Å². The van der Waals surface area contributed by atoms with Crippen molar-refractivity contribution in [2.45, 2.75) is 53.8 Å². The smallest absolute Gasteiger partial charge is 0.355 e. The van der Waals surface area contributed by atoms with E-state index in [2.05, 4.69) is 0 Å². The second-order valence-corrected chi connectivity index (χ2v) is 26.1. The molecule has 0 bridgehead atoms.